The molecule has 3 heterocycles. The summed E-state index contributed by atoms with van der Waals surface area (Å²) >= 11 is 1.31. The van der Waals surface area contributed by atoms with Gasteiger partial charge < -0.3 is 15.4 Å². The molecule has 42 heavy (non-hydrogen) atoms. The Balaban J connectivity index is 0.00000148. The van der Waals surface area contributed by atoms with Crippen LogP contribution in [-0.2, 0) is 9.53 Å². The zero-order chi connectivity index (χ0) is 31.1. The number of alkyl halides is 1. The first-order chi connectivity index (χ1) is 20.4. The zero-order valence-electron chi connectivity index (χ0n) is 25.3. The Kier molecular flexibility index (Phi) is 14.7. The van der Waals surface area contributed by atoms with Gasteiger partial charge in [-0.15, -0.1) is 6.58 Å². The summed E-state index contributed by atoms with van der Waals surface area (Å²) in [6.45, 7) is 13.1. The van der Waals surface area contributed by atoms with Crippen molar-refractivity contribution in [1.29, 1.82) is 0 Å². The van der Waals surface area contributed by atoms with E-state index in [9.17, 15) is 14.0 Å². The number of carbonyl (C=O) groups excluding carboxylic acids is 2. The maximum atomic E-state index is 14.2. The number of amides is 2. The number of nitrogens with zero attached hydrogens (tertiary/aromatic N) is 2. The normalized spacial score (nSPS) is 19.1. The monoisotopic (exact) mass is 598 g/mol. The third-order valence-electron chi connectivity index (χ3n) is 5.98. The molecule has 1 aromatic heterocycles. The first kappa shape index (κ1) is 34.4. The summed E-state index contributed by atoms with van der Waals surface area (Å²) in [6.07, 6.45) is 9.10. The van der Waals surface area contributed by atoms with Gasteiger partial charge >= 0.3 is 0 Å². The van der Waals surface area contributed by atoms with Crippen LogP contribution in [0.15, 0.2) is 48.1 Å². The van der Waals surface area contributed by atoms with Gasteiger partial charge in [-0.1, -0.05) is 45.6 Å². The SMILES string of the molecule is C=CCCCC(=O)Nc1cc(C2=CC(C(C)F)NC=C2OC)c(C(=O)NC2=NNC(C#CC3CC3)S2)cn1.CC.CC. The molecule has 228 valence electrons. The lowest BCUT2D eigenvalue weighted by Gasteiger charge is -2.25. The van der Waals surface area contributed by atoms with E-state index in [1.54, 1.807) is 24.4 Å². The van der Waals surface area contributed by atoms with Gasteiger partial charge in [0.05, 0.1) is 18.7 Å². The highest BCUT2D eigenvalue weighted by Crippen LogP contribution is 2.32. The van der Waals surface area contributed by atoms with Crippen molar-refractivity contribution in [3.8, 4) is 11.8 Å². The minimum atomic E-state index is -1.20. The highest BCUT2D eigenvalue weighted by atomic mass is 32.2. The number of amidine groups is 1. The summed E-state index contributed by atoms with van der Waals surface area (Å²) in [5, 5.41) is 12.9. The van der Waals surface area contributed by atoms with E-state index in [0.29, 0.717) is 40.8 Å². The number of methoxy groups -OCH3 is 1. The highest BCUT2D eigenvalue weighted by Gasteiger charge is 2.27. The van der Waals surface area contributed by atoms with Crippen LogP contribution in [0.5, 0.6) is 0 Å². The van der Waals surface area contributed by atoms with Crippen molar-refractivity contribution < 1.29 is 18.7 Å². The highest BCUT2D eigenvalue weighted by molar-refractivity contribution is 8.14. The predicted octanol–water partition coefficient (Wildman–Crippen LogP) is 5.71. The van der Waals surface area contributed by atoms with Crippen LogP contribution in [0.1, 0.15) is 82.6 Å². The second kappa shape index (κ2) is 17.9. The fourth-order valence-corrected chi connectivity index (χ4v) is 4.45. The van der Waals surface area contributed by atoms with Crippen molar-refractivity contribution in [2.75, 3.05) is 12.4 Å². The third kappa shape index (κ3) is 10.2. The van der Waals surface area contributed by atoms with E-state index < -0.39 is 18.1 Å². The Hall–Kier alpha value is -3.78. The van der Waals surface area contributed by atoms with Crippen LogP contribution in [0.25, 0.3) is 5.57 Å². The minimum Gasteiger partial charge on any atom is -0.495 e. The number of nitrogens with one attached hydrogen (secondary N) is 4. The third-order valence-corrected chi connectivity index (χ3v) is 6.86. The average Bonchev–Trinajstić information content (AvgIpc) is 3.74. The smallest absolute Gasteiger partial charge is 0.259 e. The zero-order valence-corrected chi connectivity index (χ0v) is 26.2. The van der Waals surface area contributed by atoms with Crippen LogP contribution in [0.2, 0.25) is 0 Å². The molecule has 3 aliphatic rings. The van der Waals surface area contributed by atoms with Crippen LogP contribution in [0.3, 0.4) is 0 Å². The van der Waals surface area contributed by atoms with Crippen molar-refractivity contribution in [3.05, 3.63) is 54.1 Å². The lowest BCUT2D eigenvalue weighted by Crippen LogP contribution is -2.34. The fraction of sp³-hybridized carbons (Fsp3) is 0.484. The quantitative estimate of drug-likeness (QED) is 0.164. The molecule has 0 spiro atoms. The molecule has 0 aromatic carbocycles. The summed E-state index contributed by atoms with van der Waals surface area (Å²) < 4.78 is 19.7. The molecule has 1 fully saturated rings. The van der Waals surface area contributed by atoms with Gasteiger partial charge in [-0.2, -0.15) is 5.10 Å². The molecule has 4 rings (SSSR count). The molecule has 0 bridgehead atoms. The molecule has 3 atom stereocenters. The van der Waals surface area contributed by atoms with Crippen molar-refractivity contribution in [1.82, 2.24) is 21.0 Å². The molecular formula is C31H43FN6O3S. The van der Waals surface area contributed by atoms with Crippen LogP contribution >= 0.6 is 11.8 Å². The molecule has 4 N–H and O–H groups in total. The Morgan fingerprint density at radius 3 is 2.64 bits per heavy atom. The summed E-state index contributed by atoms with van der Waals surface area (Å²) in [7, 11) is 1.49. The minimum absolute atomic E-state index is 0.208. The number of ether oxygens (including phenoxy) is 1. The van der Waals surface area contributed by atoms with E-state index in [4.69, 9.17) is 4.74 Å². The van der Waals surface area contributed by atoms with Crippen LogP contribution in [-0.4, -0.2) is 46.7 Å². The number of halogens is 1. The number of pyridine rings is 1. The molecule has 0 radical (unpaired) electrons. The first-order valence-corrected chi connectivity index (χ1v) is 15.4. The van der Waals surface area contributed by atoms with Crippen molar-refractivity contribution in [3.63, 3.8) is 0 Å². The molecule has 0 saturated heterocycles. The fourth-order valence-electron chi connectivity index (χ4n) is 3.74. The van der Waals surface area contributed by atoms with E-state index in [0.717, 1.165) is 19.3 Å². The van der Waals surface area contributed by atoms with Crippen molar-refractivity contribution in [2.45, 2.75) is 84.3 Å². The molecule has 2 amide bonds. The van der Waals surface area contributed by atoms with Gasteiger partial charge in [0, 0.05) is 35.9 Å². The van der Waals surface area contributed by atoms with Crippen LogP contribution < -0.4 is 21.4 Å². The topological polar surface area (TPSA) is 117 Å². The predicted molar refractivity (Wildman–Crippen MR) is 170 cm³/mol. The van der Waals surface area contributed by atoms with E-state index in [2.05, 4.69) is 49.9 Å². The number of thioether (sulfide) groups is 1. The van der Waals surface area contributed by atoms with E-state index in [1.165, 1.54) is 32.0 Å². The van der Waals surface area contributed by atoms with E-state index in [1.807, 2.05) is 27.7 Å². The summed E-state index contributed by atoms with van der Waals surface area (Å²) in [4.78, 5) is 30.1. The second-order valence-electron chi connectivity index (χ2n) is 9.07. The Labute approximate surface area is 253 Å². The van der Waals surface area contributed by atoms with Crippen LogP contribution in [0.4, 0.5) is 10.2 Å². The Bertz CT molecular complexity index is 1250. The molecule has 2 aliphatic heterocycles. The number of dihydropyridines is 1. The molecule has 1 saturated carbocycles. The van der Waals surface area contributed by atoms with E-state index >= 15 is 0 Å². The summed E-state index contributed by atoms with van der Waals surface area (Å²) in [5.41, 5.74) is 4.06. The maximum absolute atomic E-state index is 14.2. The lowest BCUT2D eigenvalue weighted by molar-refractivity contribution is -0.116. The van der Waals surface area contributed by atoms with Crippen molar-refractivity contribution >= 4 is 40.1 Å². The van der Waals surface area contributed by atoms with Gasteiger partial charge in [-0.25, -0.2) is 9.37 Å². The molecule has 1 aromatic rings. The van der Waals surface area contributed by atoms with Crippen molar-refractivity contribution in [2.24, 2.45) is 11.0 Å². The number of hydrazone groups is 1. The number of carbonyl (C=O) groups is 2. The number of aromatic nitrogens is 1. The van der Waals surface area contributed by atoms with Gasteiger partial charge in [0.15, 0.2) is 10.5 Å². The maximum Gasteiger partial charge on any atom is 0.259 e. The van der Waals surface area contributed by atoms with E-state index in [-0.39, 0.29) is 22.7 Å². The molecule has 3 unspecified atom stereocenters. The van der Waals surface area contributed by atoms with Crippen LogP contribution in [0, 0.1) is 17.8 Å². The number of allylic oxidation sites excluding steroid dienone is 2. The summed E-state index contributed by atoms with van der Waals surface area (Å²) in [5.74, 6) is 6.79. The number of hydrogen-bond donors (Lipinski definition) is 4. The molecule has 9 nitrogen and oxygen atoms in total. The summed E-state index contributed by atoms with van der Waals surface area (Å²) in [6, 6.07) is 0.963. The van der Waals surface area contributed by atoms with Gasteiger partial charge in [0.1, 0.15) is 17.7 Å². The van der Waals surface area contributed by atoms with Gasteiger partial charge in [0.2, 0.25) is 5.91 Å². The Morgan fingerprint density at radius 1 is 1.26 bits per heavy atom. The van der Waals surface area contributed by atoms with Gasteiger partial charge in [-0.05, 0) is 56.5 Å². The van der Waals surface area contributed by atoms with Gasteiger partial charge in [0.25, 0.3) is 5.91 Å². The molecule has 1 aliphatic carbocycles. The molecule has 11 heteroatoms. The lowest BCUT2D eigenvalue weighted by atomic mass is 9.94. The molecular weight excluding hydrogens is 555 g/mol. The number of rotatable bonds is 9. The standard InChI is InChI=1S/C27H31FN6O3S.2C2H6/c1-4-5-6-7-24(35)31-23-13-18(19-12-21(16(2)28)29-15-22(19)37-3)20(14-30-23)26(36)32-27-34-33-25(38-27)11-10-17-8-9-17;2*1-2/h4,12-17,21,25,29,33H,1,5-9H2,2-3H3,(H,30,31,35)(H,32,34,36);2*1-2H3. The number of anilines is 1. The largest absolute Gasteiger partial charge is 0.495 e. The number of unbranched alkanes of at least 4 members (excludes halogenated alkanes) is 1. The first-order valence-electron chi connectivity index (χ1n) is 14.5. The second-order valence-corrected chi connectivity index (χ2v) is 10.2. The van der Waals surface area contributed by atoms with Gasteiger partial charge in [-0.3, -0.25) is 20.3 Å². The average molecular weight is 599 g/mol. The number of hydrogen-bond acceptors (Lipinski definition) is 8. The Morgan fingerprint density at radius 2 is 2.00 bits per heavy atom.